The van der Waals surface area contributed by atoms with Crippen LogP contribution in [-0.4, -0.2) is 35.8 Å². The van der Waals surface area contributed by atoms with E-state index < -0.39 is 0 Å². The van der Waals surface area contributed by atoms with Gasteiger partial charge in [-0.1, -0.05) is 17.7 Å². The van der Waals surface area contributed by atoms with Crippen LogP contribution in [0, 0.1) is 18.3 Å². The molecular formula is C20H17N3O4. The van der Waals surface area contributed by atoms with E-state index in [9.17, 15) is 14.4 Å². The van der Waals surface area contributed by atoms with Crippen molar-refractivity contribution < 1.29 is 19.1 Å². The number of hydrogen-bond acceptors (Lipinski definition) is 5. The number of carbonyl (C=O) groups is 3. The fourth-order valence-electron chi connectivity index (χ4n) is 2.82. The van der Waals surface area contributed by atoms with Crippen molar-refractivity contribution in [3.8, 4) is 11.8 Å². The molecule has 0 saturated heterocycles. The summed E-state index contributed by atoms with van der Waals surface area (Å²) in [6.07, 6.45) is -0.0201. The van der Waals surface area contributed by atoms with Crippen molar-refractivity contribution >= 4 is 23.4 Å². The number of nitrogens with zero attached hydrogens (tertiary/aromatic N) is 2. The molecule has 3 rings (SSSR count). The van der Waals surface area contributed by atoms with Crippen LogP contribution in [0.15, 0.2) is 42.5 Å². The van der Waals surface area contributed by atoms with Gasteiger partial charge in [-0.05, 0) is 31.2 Å². The van der Waals surface area contributed by atoms with Crippen molar-refractivity contribution in [2.45, 2.75) is 13.3 Å². The van der Waals surface area contributed by atoms with Gasteiger partial charge in [-0.2, -0.15) is 5.26 Å². The van der Waals surface area contributed by atoms with E-state index in [0.29, 0.717) is 22.6 Å². The standard InChI is InChI=1S/C20H17N3O4/c1-13-5-6-16-17(11-13)20(26)23(19(16)25)9-7-18(24)22-14-3-2-4-15(12-14)27-10-8-21/h2-6,11-12H,7,9-10H2,1H3,(H,22,24). The highest BCUT2D eigenvalue weighted by atomic mass is 16.5. The Balaban J connectivity index is 1.59. The molecule has 0 saturated carbocycles. The average molecular weight is 363 g/mol. The number of rotatable bonds is 6. The van der Waals surface area contributed by atoms with E-state index in [-0.39, 0.29) is 37.3 Å². The number of benzene rings is 2. The van der Waals surface area contributed by atoms with E-state index in [0.717, 1.165) is 10.5 Å². The van der Waals surface area contributed by atoms with Gasteiger partial charge in [-0.15, -0.1) is 0 Å². The Labute approximate surface area is 156 Å². The van der Waals surface area contributed by atoms with Crippen molar-refractivity contribution in [3.05, 3.63) is 59.2 Å². The Morgan fingerprint density at radius 1 is 1.15 bits per heavy atom. The molecule has 0 atom stereocenters. The lowest BCUT2D eigenvalue weighted by molar-refractivity contribution is -0.116. The lowest BCUT2D eigenvalue weighted by Gasteiger charge is -2.13. The van der Waals surface area contributed by atoms with Crippen LogP contribution in [0.1, 0.15) is 32.7 Å². The lowest BCUT2D eigenvalue weighted by atomic mass is 10.1. The molecular weight excluding hydrogens is 346 g/mol. The van der Waals surface area contributed by atoms with Crippen LogP contribution in [0.25, 0.3) is 0 Å². The summed E-state index contributed by atoms with van der Waals surface area (Å²) >= 11 is 0. The van der Waals surface area contributed by atoms with Crippen LogP contribution < -0.4 is 10.1 Å². The zero-order chi connectivity index (χ0) is 19.4. The average Bonchev–Trinajstić information content (AvgIpc) is 2.88. The topological polar surface area (TPSA) is 99.5 Å². The molecule has 27 heavy (non-hydrogen) atoms. The number of fused-ring (bicyclic) bond motifs is 1. The summed E-state index contributed by atoms with van der Waals surface area (Å²) in [5.74, 6) is -0.627. The fraction of sp³-hybridized carbons (Fsp3) is 0.200. The molecule has 0 spiro atoms. The predicted octanol–water partition coefficient (Wildman–Crippen LogP) is 2.52. The summed E-state index contributed by atoms with van der Waals surface area (Å²) in [6.45, 7) is 1.76. The molecule has 0 aromatic heterocycles. The Bertz CT molecular complexity index is 962. The van der Waals surface area contributed by atoms with Gasteiger partial charge in [0.05, 0.1) is 11.1 Å². The Morgan fingerprint density at radius 3 is 2.70 bits per heavy atom. The smallest absolute Gasteiger partial charge is 0.261 e. The Hall–Kier alpha value is -3.66. The third-order valence-electron chi connectivity index (χ3n) is 4.11. The first-order valence-corrected chi connectivity index (χ1v) is 8.36. The van der Waals surface area contributed by atoms with Gasteiger partial charge in [0.1, 0.15) is 11.8 Å². The molecule has 0 fully saturated rings. The molecule has 7 nitrogen and oxygen atoms in total. The fourth-order valence-corrected chi connectivity index (χ4v) is 2.82. The van der Waals surface area contributed by atoms with E-state index in [1.807, 2.05) is 13.0 Å². The Morgan fingerprint density at radius 2 is 1.93 bits per heavy atom. The SMILES string of the molecule is Cc1ccc2c(c1)C(=O)N(CCC(=O)Nc1cccc(OCC#N)c1)C2=O. The van der Waals surface area contributed by atoms with E-state index in [4.69, 9.17) is 10.00 Å². The summed E-state index contributed by atoms with van der Waals surface area (Å²) in [6, 6.07) is 13.6. The van der Waals surface area contributed by atoms with Crippen LogP contribution in [0.3, 0.4) is 0 Å². The minimum absolute atomic E-state index is 0.00184. The molecule has 3 amide bonds. The Kier molecular flexibility index (Phi) is 5.18. The zero-order valence-corrected chi connectivity index (χ0v) is 14.7. The van der Waals surface area contributed by atoms with E-state index in [2.05, 4.69) is 5.32 Å². The van der Waals surface area contributed by atoms with Crippen molar-refractivity contribution in [1.29, 1.82) is 5.26 Å². The van der Waals surface area contributed by atoms with Crippen molar-refractivity contribution in [1.82, 2.24) is 4.90 Å². The largest absolute Gasteiger partial charge is 0.479 e. The molecule has 2 aromatic rings. The van der Waals surface area contributed by atoms with Crippen LogP contribution in [0.4, 0.5) is 5.69 Å². The van der Waals surface area contributed by atoms with Crippen molar-refractivity contribution in [2.24, 2.45) is 0 Å². The molecule has 7 heteroatoms. The molecule has 0 unspecified atom stereocenters. The lowest BCUT2D eigenvalue weighted by Crippen LogP contribution is -2.32. The van der Waals surface area contributed by atoms with Gasteiger partial charge in [0.25, 0.3) is 11.8 Å². The van der Waals surface area contributed by atoms with Crippen LogP contribution in [0.2, 0.25) is 0 Å². The minimum atomic E-state index is -0.380. The molecule has 0 radical (unpaired) electrons. The van der Waals surface area contributed by atoms with Crippen molar-refractivity contribution in [3.63, 3.8) is 0 Å². The maximum Gasteiger partial charge on any atom is 0.261 e. The molecule has 1 aliphatic heterocycles. The van der Waals surface area contributed by atoms with Crippen molar-refractivity contribution in [2.75, 3.05) is 18.5 Å². The minimum Gasteiger partial charge on any atom is -0.479 e. The first kappa shape index (κ1) is 18.1. The maximum atomic E-state index is 12.4. The second-order valence-corrected chi connectivity index (χ2v) is 6.08. The predicted molar refractivity (Wildman–Crippen MR) is 97.3 cm³/mol. The zero-order valence-electron chi connectivity index (χ0n) is 14.7. The molecule has 136 valence electrons. The van der Waals surface area contributed by atoms with E-state index in [1.54, 1.807) is 42.5 Å². The van der Waals surface area contributed by atoms with Gasteiger partial charge < -0.3 is 10.1 Å². The number of carbonyl (C=O) groups excluding carboxylic acids is 3. The van der Waals surface area contributed by atoms with Gasteiger partial charge in [-0.25, -0.2) is 0 Å². The third-order valence-corrected chi connectivity index (χ3v) is 4.11. The summed E-state index contributed by atoms with van der Waals surface area (Å²) in [5.41, 5.74) is 2.15. The van der Waals surface area contributed by atoms with Gasteiger partial charge in [0.2, 0.25) is 5.91 Å². The van der Waals surface area contributed by atoms with Gasteiger partial charge in [0, 0.05) is 24.7 Å². The number of anilines is 1. The van der Waals surface area contributed by atoms with Gasteiger partial charge >= 0.3 is 0 Å². The maximum absolute atomic E-state index is 12.4. The molecule has 0 bridgehead atoms. The van der Waals surface area contributed by atoms with E-state index in [1.165, 1.54) is 0 Å². The second kappa shape index (κ2) is 7.70. The molecule has 2 aromatic carbocycles. The van der Waals surface area contributed by atoms with Crippen LogP contribution >= 0.6 is 0 Å². The van der Waals surface area contributed by atoms with Gasteiger partial charge in [-0.3, -0.25) is 19.3 Å². The first-order chi connectivity index (χ1) is 13.0. The number of aryl methyl sites for hydroxylation is 1. The number of nitriles is 1. The number of imide groups is 1. The number of hydrogen-bond donors (Lipinski definition) is 1. The number of amides is 3. The summed E-state index contributed by atoms with van der Waals surface area (Å²) in [5, 5.41) is 11.2. The molecule has 1 heterocycles. The van der Waals surface area contributed by atoms with Crippen LogP contribution in [-0.2, 0) is 4.79 Å². The highest BCUT2D eigenvalue weighted by Gasteiger charge is 2.35. The first-order valence-electron chi connectivity index (χ1n) is 8.36. The monoisotopic (exact) mass is 363 g/mol. The molecule has 1 aliphatic rings. The quantitative estimate of drug-likeness (QED) is 0.795. The normalized spacial score (nSPS) is 12.5. The number of nitrogens with one attached hydrogen (secondary N) is 1. The second-order valence-electron chi connectivity index (χ2n) is 6.08. The highest BCUT2D eigenvalue weighted by Crippen LogP contribution is 2.24. The van der Waals surface area contributed by atoms with Crippen LogP contribution in [0.5, 0.6) is 5.75 Å². The third kappa shape index (κ3) is 3.96. The highest BCUT2D eigenvalue weighted by molar-refractivity contribution is 6.21. The van der Waals surface area contributed by atoms with Gasteiger partial charge in [0.15, 0.2) is 6.61 Å². The summed E-state index contributed by atoms with van der Waals surface area (Å²) in [7, 11) is 0. The van der Waals surface area contributed by atoms with E-state index >= 15 is 0 Å². The molecule has 1 N–H and O–H groups in total. The molecule has 0 aliphatic carbocycles. The number of ether oxygens (including phenoxy) is 1. The summed E-state index contributed by atoms with van der Waals surface area (Å²) in [4.78, 5) is 38.0. The summed E-state index contributed by atoms with van der Waals surface area (Å²) < 4.78 is 5.18.